The SMILES string of the molecule is C[C@@H](OC(=O)CCc1ccccc1)c1nc2ccc3ccccc3c2o1. The average molecular weight is 345 g/mol. The van der Waals surface area contributed by atoms with Crippen LogP contribution >= 0.6 is 0 Å². The summed E-state index contributed by atoms with van der Waals surface area (Å²) in [6, 6.07) is 21.8. The molecule has 0 radical (unpaired) electrons. The van der Waals surface area contributed by atoms with Gasteiger partial charge in [0.2, 0.25) is 5.89 Å². The monoisotopic (exact) mass is 345 g/mol. The van der Waals surface area contributed by atoms with E-state index in [1.54, 1.807) is 6.92 Å². The van der Waals surface area contributed by atoms with E-state index in [2.05, 4.69) is 4.98 Å². The fourth-order valence-electron chi connectivity index (χ4n) is 3.04. The fraction of sp³-hybridized carbons (Fsp3) is 0.182. The second kappa shape index (κ2) is 7.00. The number of esters is 1. The zero-order valence-electron chi connectivity index (χ0n) is 14.5. The highest BCUT2D eigenvalue weighted by molar-refractivity contribution is 6.02. The average Bonchev–Trinajstić information content (AvgIpc) is 3.12. The third-order valence-corrected chi connectivity index (χ3v) is 4.41. The minimum Gasteiger partial charge on any atom is -0.453 e. The lowest BCUT2D eigenvalue weighted by Crippen LogP contribution is -2.10. The minimum atomic E-state index is -0.524. The number of carbonyl (C=O) groups excluding carboxylic acids is 1. The molecular weight excluding hydrogens is 326 g/mol. The summed E-state index contributed by atoms with van der Waals surface area (Å²) in [4.78, 5) is 16.6. The van der Waals surface area contributed by atoms with Gasteiger partial charge < -0.3 is 9.15 Å². The molecule has 26 heavy (non-hydrogen) atoms. The van der Waals surface area contributed by atoms with Gasteiger partial charge in [0.25, 0.3) is 0 Å². The van der Waals surface area contributed by atoms with Crippen molar-refractivity contribution < 1.29 is 13.9 Å². The Hall–Kier alpha value is -3.14. The lowest BCUT2D eigenvalue weighted by atomic mass is 10.1. The number of hydrogen-bond acceptors (Lipinski definition) is 4. The van der Waals surface area contributed by atoms with Crippen molar-refractivity contribution in [3.05, 3.63) is 78.2 Å². The van der Waals surface area contributed by atoms with E-state index >= 15 is 0 Å². The van der Waals surface area contributed by atoms with Crippen LogP contribution in [0.3, 0.4) is 0 Å². The van der Waals surface area contributed by atoms with Crippen LogP contribution < -0.4 is 0 Å². The van der Waals surface area contributed by atoms with Crippen LogP contribution in [0.5, 0.6) is 0 Å². The summed E-state index contributed by atoms with van der Waals surface area (Å²) < 4.78 is 11.4. The van der Waals surface area contributed by atoms with E-state index in [0.29, 0.717) is 18.7 Å². The van der Waals surface area contributed by atoms with E-state index in [1.807, 2.05) is 66.7 Å². The predicted octanol–water partition coefficient (Wildman–Crippen LogP) is 5.22. The molecule has 0 aliphatic heterocycles. The second-order valence-electron chi connectivity index (χ2n) is 6.30. The van der Waals surface area contributed by atoms with Crippen molar-refractivity contribution in [3.63, 3.8) is 0 Å². The molecular formula is C22H19NO3. The first kappa shape index (κ1) is 16.3. The molecule has 1 atom stereocenters. The molecule has 1 heterocycles. The number of fused-ring (bicyclic) bond motifs is 3. The summed E-state index contributed by atoms with van der Waals surface area (Å²) in [5, 5.41) is 2.10. The zero-order chi connectivity index (χ0) is 17.9. The number of aromatic nitrogens is 1. The van der Waals surface area contributed by atoms with Crippen LogP contribution in [0, 0.1) is 0 Å². The summed E-state index contributed by atoms with van der Waals surface area (Å²) in [5.74, 6) is 0.165. The van der Waals surface area contributed by atoms with E-state index in [1.165, 1.54) is 0 Å². The quantitative estimate of drug-likeness (QED) is 0.465. The minimum absolute atomic E-state index is 0.256. The van der Waals surface area contributed by atoms with Gasteiger partial charge in [0.15, 0.2) is 11.7 Å². The molecule has 0 fully saturated rings. The van der Waals surface area contributed by atoms with E-state index in [-0.39, 0.29) is 5.97 Å². The third-order valence-electron chi connectivity index (χ3n) is 4.41. The number of aryl methyl sites for hydroxylation is 1. The maximum absolute atomic E-state index is 12.1. The zero-order valence-corrected chi connectivity index (χ0v) is 14.5. The van der Waals surface area contributed by atoms with Crippen LogP contribution in [0.25, 0.3) is 21.9 Å². The van der Waals surface area contributed by atoms with Crippen LogP contribution in [0.4, 0.5) is 0 Å². The Bertz CT molecular complexity index is 1050. The summed E-state index contributed by atoms with van der Waals surface area (Å²) >= 11 is 0. The van der Waals surface area contributed by atoms with Crippen molar-refractivity contribution in [1.29, 1.82) is 0 Å². The van der Waals surface area contributed by atoms with Gasteiger partial charge in [-0.15, -0.1) is 0 Å². The van der Waals surface area contributed by atoms with Crippen molar-refractivity contribution >= 4 is 27.8 Å². The van der Waals surface area contributed by atoms with Gasteiger partial charge in [-0.05, 0) is 30.4 Å². The molecule has 4 aromatic rings. The first-order valence-corrected chi connectivity index (χ1v) is 8.72. The number of rotatable bonds is 5. The Morgan fingerprint density at radius 1 is 1.04 bits per heavy atom. The lowest BCUT2D eigenvalue weighted by Gasteiger charge is -2.09. The molecule has 0 bridgehead atoms. The number of hydrogen-bond donors (Lipinski definition) is 0. The van der Waals surface area contributed by atoms with Crippen molar-refractivity contribution in [1.82, 2.24) is 4.98 Å². The van der Waals surface area contributed by atoms with E-state index in [0.717, 1.165) is 27.4 Å². The highest BCUT2D eigenvalue weighted by Gasteiger charge is 2.18. The molecule has 0 spiro atoms. The lowest BCUT2D eigenvalue weighted by molar-refractivity contribution is -0.149. The number of ether oxygens (including phenoxy) is 1. The van der Waals surface area contributed by atoms with Crippen molar-refractivity contribution in [2.45, 2.75) is 25.9 Å². The fourth-order valence-corrected chi connectivity index (χ4v) is 3.04. The first-order chi connectivity index (χ1) is 12.7. The van der Waals surface area contributed by atoms with E-state index in [4.69, 9.17) is 9.15 Å². The smallest absolute Gasteiger partial charge is 0.306 e. The van der Waals surface area contributed by atoms with Gasteiger partial charge in [-0.1, -0.05) is 60.7 Å². The molecule has 0 N–H and O–H groups in total. The largest absolute Gasteiger partial charge is 0.453 e. The standard InChI is InChI=1S/C22H19NO3/c1-15(25-20(24)14-11-16-7-3-2-4-8-16)22-23-19-13-12-17-9-5-6-10-18(17)21(19)26-22/h2-10,12-13,15H,11,14H2,1H3/t15-/m1/s1. The Morgan fingerprint density at radius 3 is 2.65 bits per heavy atom. The second-order valence-corrected chi connectivity index (χ2v) is 6.30. The molecule has 0 amide bonds. The molecule has 4 nitrogen and oxygen atoms in total. The first-order valence-electron chi connectivity index (χ1n) is 8.72. The third kappa shape index (κ3) is 3.31. The van der Waals surface area contributed by atoms with Gasteiger partial charge in [-0.25, -0.2) is 4.98 Å². The molecule has 4 rings (SSSR count). The highest BCUT2D eigenvalue weighted by Crippen LogP contribution is 2.29. The van der Waals surface area contributed by atoms with Gasteiger partial charge in [0.05, 0.1) is 0 Å². The number of carbonyl (C=O) groups is 1. The van der Waals surface area contributed by atoms with Gasteiger partial charge in [-0.3, -0.25) is 4.79 Å². The van der Waals surface area contributed by atoms with Crippen LogP contribution in [0.1, 0.15) is 30.9 Å². The van der Waals surface area contributed by atoms with Gasteiger partial charge in [0, 0.05) is 11.8 Å². The maximum Gasteiger partial charge on any atom is 0.306 e. The highest BCUT2D eigenvalue weighted by atomic mass is 16.6. The molecule has 0 saturated heterocycles. The molecule has 0 aliphatic rings. The number of oxazole rings is 1. The summed E-state index contributed by atoms with van der Waals surface area (Å²) in [6.07, 6.45) is 0.465. The van der Waals surface area contributed by atoms with Crippen LogP contribution in [0.2, 0.25) is 0 Å². The molecule has 130 valence electrons. The Labute approximate surface area is 151 Å². The number of benzene rings is 3. The molecule has 3 aromatic carbocycles. The molecule has 1 aromatic heterocycles. The topological polar surface area (TPSA) is 52.3 Å². The Kier molecular flexibility index (Phi) is 4.40. The van der Waals surface area contributed by atoms with Crippen LogP contribution in [-0.4, -0.2) is 11.0 Å². The van der Waals surface area contributed by atoms with Crippen molar-refractivity contribution in [2.24, 2.45) is 0 Å². The molecule has 0 aliphatic carbocycles. The summed E-state index contributed by atoms with van der Waals surface area (Å²) in [6.45, 7) is 1.79. The summed E-state index contributed by atoms with van der Waals surface area (Å²) in [5.41, 5.74) is 2.61. The predicted molar refractivity (Wildman–Crippen MR) is 101 cm³/mol. The van der Waals surface area contributed by atoms with Gasteiger partial charge >= 0.3 is 5.97 Å². The van der Waals surface area contributed by atoms with Gasteiger partial charge in [0.1, 0.15) is 5.52 Å². The Morgan fingerprint density at radius 2 is 1.81 bits per heavy atom. The maximum atomic E-state index is 12.1. The van der Waals surface area contributed by atoms with Crippen LogP contribution in [0.15, 0.2) is 71.1 Å². The number of nitrogens with zero attached hydrogens (tertiary/aromatic N) is 1. The van der Waals surface area contributed by atoms with Gasteiger partial charge in [-0.2, -0.15) is 0 Å². The molecule has 4 heteroatoms. The van der Waals surface area contributed by atoms with Crippen LogP contribution in [-0.2, 0) is 16.0 Å². The Balaban J connectivity index is 1.48. The van der Waals surface area contributed by atoms with Crippen molar-refractivity contribution in [2.75, 3.05) is 0 Å². The molecule has 0 unspecified atom stereocenters. The van der Waals surface area contributed by atoms with Crippen molar-refractivity contribution in [3.8, 4) is 0 Å². The summed E-state index contributed by atoms with van der Waals surface area (Å²) in [7, 11) is 0. The normalized spacial score (nSPS) is 12.3. The van der Waals surface area contributed by atoms with E-state index in [9.17, 15) is 4.79 Å². The molecule has 0 saturated carbocycles. The van der Waals surface area contributed by atoms with E-state index < -0.39 is 6.10 Å².